The molecule has 129 heavy (non-hydrogen) atoms. The summed E-state index contributed by atoms with van der Waals surface area (Å²) in [7, 11) is 0. The highest BCUT2D eigenvalue weighted by Gasteiger charge is 2.28. The van der Waals surface area contributed by atoms with Crippen LogP contribution in [0.3, 0.4) is 0 Å². The minimum absolute atomic E-state index is 0.0807. The van der Waals surface area contributed by atoms with Crippen molar-refractivity contribution in [3.63, 3.8) is 0 Å². The van der Waals surface area contributed by atoms with Crippen molar-refractivity contribution in [2.24, 2.45) is 17.8 Å². The van der Waals surface area contributed by atoms with Crippen LogP contribution in [0.2, 0.25) is 0 Å². The van der Waals surface area contributed by atoms with Crippen LogP contribution >= 0.6 is 0 Å². The standard InChI is InChI=1S/C26H21N7.C25H23N7O.C24H21N7O.C23H19N7O/c1-2-4-17(5-3-1)12-28-13-18-10-20(15-29-14-18)19-6-7-22-21(11-19)25(33-32-22)26-30-23-8-9-27-16-24(23)31-26;33-25(15-4-2-1-3-5-15)28-18-10-17(12-27-13-18)16-6-7-20-19(11-16)23(32-31-20)24-29-21-8-9-26-14-22(21)30-24;32-24(14-3-1-2-4-14)27-17-9-16(11-26-12-17)15-5-6-19-18(10-15)22(31-30-19)23-28-20-7-8-25-13-21(20)29-23;31-23(13-2-1-3-13)26-16-8-15(10-25-11-16)14-4-5-18-17(9-14)21(30-29-18)22-27-19-6-7-24-12-20(19)28-22/h1-11,14-16,28H,12-13H2,(H,30,31)(H,32,33);6-15H,1-5H2,(H,28,33)(H,29,30)(H,31,32);5-14H,1-4H2,(H,27,32)(H,28,29)(H,30,31);4-13H,1-3H2,(H,26,31)(H,27,28)(H,29,30). The van der Waals surface area contributed by atoms with Gasteiger partial charge in [-0.15, -0.1) is 0 Å². The van der Waals surface area contributed by atoms with E-state index in [4.69, 9.17) is 0 Å². The second kappa shape index (κ2) is 35.6. The van der Waals surface area contributed by atoms with Gasteiger partial charge in [0.1, 0.15) is 22.8 Å². The Balaban J connectivity index is 0.000000104. The number of carbonyl (C=O) groups is 3. The van der Waals surface area contributed by atoms with Crippen LogP contribution in [-0.4, -0.2) is 138 Å². The van der Waals surface area contributed by atoms with Gasteiger partial charge in [-0.25, -0.2) is 19.9 Å². The first-order chi connectivity index (χ1) is 63.6. The molecule has 634 valence electrons. The van der Waals surface area contributed by atoms with Crippen molar-refractivity contribution in [1.29, 1.82) is 0 Å². The van der Waals surface area contributed by atoms with Gasteiger partial charge in [-0.3, -0.25) is 74.7 Å². The number of pyridine rings is 8. The SMILES string of the molecule is O=C(Nc1cncc(-c2ccc3[nH]nc(-c4nc5ccncc5[nH]4)c3c2)c1)C1CCC1.O=C(Nc1cncc(-c2ccc3[nH]nc(-c4nc5ccncc5[nH]4)c3c2)c1)C1CCCC1.O=C(Nc1cncc(-c2ccc3[nH]nc(-c4nc5ccncc5[nH]4)c3c2)c1)C1CCCCC1.c1ccc(CNCc2cncc(-c3ccc4[nH]nc(-c5nc6ccncc6[nH]5)c4c3)c2)cc1. The van der Waals surface area contributed by atoms with E-state index in [2.05, 4.69) is 202 Å². The smallest absolute Gasteiger partial charge is 0.227 e. The summed E-state index contributed by atoms with van der Waals surface area (Å²) in [6, 6.07) is 50.5. The fraction of sp³-hybridized carbons (Fsp3) is 0.173. The minimum atomic E-state index is 0.0807. The van der Waals surface area contributed by atoms with E-state index in [0.29, 0.717) is 23.2 Å². The van der Waals surface area contributed by atoms with Gasteiger partial charge in [-0.2, -0.15) is 20.4 Å². The predicted molar refractivity (Wildman–Crippen MR) is 498 cm³/mol. The Morgan fingerprint density at radius 1 is 0.279 bits per heavy atom. The lowest BCUT2D eigenvalue weighted by atomic mass is 9.85. The van der Waals surface area contributed by atoms with Gasteiger partial charge in [0.25, 0.3) is 0 Å². The minimum Gasteiger partial charge on any atom is -0.335 e. The zero-order valence-corrected chi connectivity index (χ0v) is 69.7. The molecule has 31 nitrogen and oxygen atoms in total. The number of nitrogens with zero attached hydrogens (tertiary/aromatic N) is 16. The maximum Gasteiger partial charge on any atom is 0.227 e. The molecule has 0 unspecified atom stereocenters. The van der Waals surface area contributed by atoms with Crippen LogP contribution < -0.4 is 21.3 Å². The molecular weight excluding hydrogens is 1620 g/mol. The van der Waals surface area contributed by atoms with Crippen molar-refractivity contribution in [1.82, 2.24) is 126 Å². The number of aromatic amines is 8. The normalized spacial score (nSPS) is 13.6. The average molecular weight is 1700 g/mol. The van der Waals surface area contributed by atoms with Crippen LogP contribution in [0, 0.1) is 17.8 Å². The predicted octanol–water partition coefficient (Wildman–Crippen LogP) is 18.9. The molecule has 12 N–H and O–H groups in total. The number of aromatic nitrogens is 24. The topological polar surface area (TPSA) is 432 Å². The van der Waals surface area contributed by atoms with Crippen LogP contribution in [0.15, 0.2) is 251 Å². The van der Waals surface area contributed by atoms with Crippen molar-refractivity contribution in [2.45, 2.75) is 90.1 Å². The molecule has 0 bridgehead atoms. The Bertz CT molecular complexity index is 7560. The fourth-order valence-electron chi connectivity index (χ4n) is 17.0. The first-order valence-electron chi connectivity index (χ1n) is 43.2. The van der Waals surface area contributed by atoms with E-state index in [-0.39, 0.29) is 35.5 Å². The zero-order valence-electron chi connectivity index (χ0n) is 69.7. The molecule has 3 aliphatic rings. The Hall–Kier alpha value is -16.6. The maximum atomic E-state index is 12.7. The first-order valence-corrected chi connectivity index (χ1v) is 43.2. The molecule has 0 spiro atoms. The second-order valence-corrected chi connectivity index (χ2v) is 32.7. The molecule has 5 aromatic carbocycles. The number of H-pyrrole nitrogens is 8. The summed E-state index contributed by atoms with van der Waals surface area (Å²) < 4.78 is 0. The summed E-state index contributed by atoms with van der Waals surface area (Å²) in [5.74, 6) is 3.40. The molecule has 31 heteroatoms. The highest BCUT2D eigenvalue weighted by atomic mass is 16.2. The molecule has 0 saturated heterocycles. The van der Waals surface area contributed by atoms with Gasteiger partial charge in [0.15, 0.2) is 23.3 Å². The molecule has 24 rings (SSSR count). The molecule has 16 aromatic heterocycles. The third-order valence-corrected chi connectivity index (χ3v) is 24.1. The fourth-order valence-corrected chi connectivity index (χ4v) is 17.0. The highest BCUT2D eigenvalue weighted by molar-refractivity contribution is 6.02. The summed E-state index contributed by atoms with van der Waals surface area (Å²) in [5, 5.41) is 46.8. The van der Waals surface area contributed by atoms with Crippen LogP contribution in [0.4, 0.5) is 17.1 Å². The third kappa shape index (κ3) is 17.2. The molecule has 3 aliphatic carbocycles. The second-order valence-electron chi connectivity index (χ2n) is 32.7. The number of imidazole rings is 4. The maximum absolute atomic E-state index is 12.7. The van der Waals surface area contributed by atoms with E-state index >= 15 is 0 Å². The molecule has 21 aromatic rings. The largest absolute Gasteiger partial charge is 0.335 e. The highest BCUT2D eigenvalue weighted by Crippen LogP contribution is 2.39. The Labute approximate surface area is 735 Å². The number of amides is 3. The van der Waals surface area contributed by atoms with Crippen molar-refractivity contribution >= 4 is 123 Å². The van der Waals surface area contributed by atoms with Gasteiger partial charge in [-0.05, 0) is 169 Å². The number of hydrogen-bond acceptors (Lipinski definition) is 20. The van der Waals surface area contributed by atoms with Crippen molar-refractivity contribution in [2.75, 3.05) is 16.0 Å². The Morgan fingerprint density at radius 2 is 0.589 bits per heavy atom. The molecule has 0 atom stereocenters. The van der Waals surface area contributed by atoms with Crippen LogP contribution in [-0.2, 0) is 27.5 Å². The van der Waals surface area contributed by atoms with E-state index in [0.717, 1.165) is 262 Å². The van der Waals surface area contributed by atoms with E-state index in [1.807, 2.05) is 110 Å². The number of benzene rings is 5. The Morgan fingerprint density at radius 3 is 0.915 bits per heavy atom. The van der Waals surface area contributed by atoms with Gasteiger partial charge in [0.2, 0.25) is 17.7 Å². The van der Waals surface area contributed by atoms with Gasteiger partial charge in [0, 0.05) is 130 Å². The van der Waals surface area contributed by atoms with E-state index in [9.17, 15) is 14.4 Å². The summed E-state index contributed by atoms with van der Waals surface area (Å²) in [6.07, 6.45) is 40.9. The summed E-state index contributed by atoms with van der Waals surface area (Å²) in [6.45, 7) is 1.57. The first kappa shape index (κ1) is 79.6. The molecule has 0 aliphatic heterocycles. The average Bonchev–Trinajstić information content (AvgIpc) is 1.64. The lowest BCUT2D eigenvalue weighted by Gasteiger charge is -2.24. The summed E-state index contributed by atoms with van der Waals surface area (Å²) >= 11 is 0. The van der Waals surface area contributed by atoms with Gasteiger partial charge in [0.05, 0.1) is 127 Å². The van der Waals surface area contributed by atoms with E-state index < -0.39 is 0 Å². The number of fused-ring (bicyclic) bond motifs is 8. The molecular formula is C98H84N28O3. The number of nitrogens with one attached hydrogen (secondary N) is 12. The summed E-state index contributed by atoms with van der Waals surface area (Å²) in [5.41, 5.74) is 26.1. The van der Waals surface area contributed by atoms with Gasteiger partial charge >= 0.3 is 0 Å². The Kier molecular flexibility index (Phi) is 22.0. The quantitative estimate of drug-likeness (QED) is 0.0379. The number of hydrogen-bond donors (Lipinski definition) is 12. The van der Waals surface area contributed by atoms with E-state index in [1.165, 1.54) is 12.0 Å². The molecule has 3 amide bonds. The van der Waals surface area contributed by atoms with Crippen molar-refractivity contribution in [3.8, 4) is 90.6 Å². The van der Waals surface area contributed by atoms with Crippen molar-refractivity contribution in [3.05, 3.63) is 262 Å². The van der Waals surface area contributed by atoms with Gasteiger partial charge < -0.3 is 41.2 Å². The zero-order chi connectivity index (χ0) is 86.5. The lowest BCUT2D eigenvalue weighted by molar-refractivity contribution is -0.122. The van der Waals surface area contributed by atoms with Gasteiger partial charge in [-0.1, -0.05) is 93.1 Å². The number of anilines is 3. The third-order valence-electron chi connectivity index (χ3n) is 24.1. The summed E-state index contributed by atoms with van der Waals surface area (Å²) in [4.78, 5) is 103. The monoisotopic (exact) mass is 1700 g/mol. The molecule has 3 saturated carbocycles. The number of rotatable bonds is 18. The van der Waals surface area contributed by atoms with Crippen LogP contribution in [0.1, 0.15) is 88.2 Å². The van der Waals surface area contributed by atoms with Crippen LogP contribution in [0.5, 0.6) is 0 Å². The molecule has 16 heterocycles. The lowest BCUT2D eigenvalue weighted by Crippen LogP contribution is -2.28. The van der Waals surface area contributed by atoms with Crippen molar-refractivity contribution < 1.29 is 14.4 Å². The molecule has 0 radical (unpaired) electrons. The number of carbonyl (C=O) groups excluding carboxylic acids is 3. The molecule has 3 fully saturated rings. The van der Waals surface area contributed by atoms with E-state index in [1.54, 1.807) is 80.6 Å². The van der Waals surface area contributed by atoms with Crippen LogP contribution in [0.25, 0.3) is 178 Å².